The van der Waals surface area contributed by atoms with E-state index in [-0.39, 0.29) is 12.2 Å². The fraction of sp³-hybridized carbons (Fsp3) is 0.167. The standard InChI is InChI=1S/C18H15F2N5O/c1-2-25-16-7-14-11(6-15(16)24-18(25)26)17(23-9-22-14)21-8-10-3-4-12(19)13(20)5-10/h3-7,9H,2,8H2,1H3,(H,24,26)(H,21,22,23). The molecule has 0 spiro atoms. The van der Waals surface area contributed by atoms with Crippen LogP contribution in [0, 0.1) is 11.6 Å². The van der Waals surface area contributed by atoms with Crippen LogP contribution in [0.5, 0.6) is 0 Å². The average molecular weight is 355 g/mol. The second kappa shape index (κ2) is 6.21. The van der Waals surface area contributed by atoms with Gasteiger partial charge in [0.25, 0.3) is 0 Å². The minimum Gasteiger partial charge on any atom is -0.365 e. The lowest BCUT2D eigenvalue weighted by Crippen LogP contribution is -2.14. The second-order valence-corrected chi connectivity index (χ2v) is 5.89. The molecule has 26 heavy (non-hydrogen) atoms. The molecular formula is C18H15F2N5O. The van der Waals surface area contributed by atoms with Crippen molar-refractivity contribution in [3.05, 3.63) is 64.3 Å². The van der Waals surface area contributed by atoms with E-state index >= 15 is 0 Å². The summed E-state index contributed by atoms with van der Waals surface area (Å²) in [7, 11) is 0. The number of hydrogen-bond acceptors (Lipinski definition) is 4. The molecule has 0 unspecified atom stereocenters. The predicted octanol–water partition coefficient (Wildman–Crippen LogP) is 3.18. The van der Waals surface area contributed by atoms with Crippen molar-refractivity contribution in [2.75, 3.05) is 5.32 Å². The number of benzene rings is 2. The number of hydrogen-bond donors (Lipinski definition) is 2. The fourth-order valence-electron chi connectivity index (χ4n) is 3.00. The molecule has 6 nitrogen and oxygen atoms in total. The molecule has 0 saturated carbocycles. The van der Waals surface area contributed by atoms with Crippen LogP contribution in [-0.4, -0.2) is 19.5 Å². The first kappa shape index (κ1) is 16.2. The first-order chi connectivity index (χ1) is 12.6. The van der Waals surface area contributed by atoms with Crippen LogP contribution in [0.1, 0.15) is 12.5 Å². The Bertz CT molecular complexity index is 1180. The van der Waals surface area contributed by atoms with Crippen LogP contribution in [0.15, 0.2) is 41.5 Å². The molecule has 0 fully saturated rings. The lowest BCUT2D eigenvalue weighted by molar-refractivity contribution is 0.507. The van der Waals surface area contributed by atoms with Gasteiger partial charge in [-0.2, -0.15) is 0 Å². The Hall–Kier alpha value is -3.29. The summed E-state index contributed by atoms with van der Waals surface area (Å²) in [6.07, 6.45) is 1.42. The van der Waals surface area contributed by atoms with Gasteiger partial charge in [-0.3, -0.25) is 4.57 Å². The zero-order valence-corrected chi connectivity index (χ0v) is 13.9. The fourth-order valence-corrected chi connectivity index (χ4v) is 3.00. The van der Waals surface area contributed by atoms with E-state index in [1.165, 1.54) is 12.4 Å². The number of rotatable bonds is 4. The minimum atomic E-state index is -0.892. The number of H-pyrrole nitrogens is 1. The number of nitrogens with zero attached hydrogens (tertiary/aromatic N) is 3. The molecule has 2 aromatic carbocycles. The van der Waals surface area contributed by atoms with Crippen molar-refractivity contribution >= 4 is 27.8 Å². The smallest absolute Gasteiger partial charge is 0.326 e. The van der Waals surface area contributed by atoms with Gasteiger partial charge < -0.3 is 10.3 Å². The van der Waals surface area contributed by atoms with Gasteiger partial charge in [0.05, 0.1) is 16.6 Å². The molecule has 2 heterocycles. The molecule has 2 N–H and O–H groups in total. The lowest BCUT2D eigenvalue weighted by Gasteiger charge is -2.09. The van der Waals surface area contributed by atoms with Crippen LogP contribution >= 0.6 is 0 Å². The third-order valence-corrected chi connectivity index (χ3v) is 4.29. The van der Waals surface area contributed by atoms with Gasteiger partial charge in [0.15, 0.2) is 11.6 Å². The number of nitrogens with one attached hydrogen (secondary N) is 2. The summed E-state index contributed by atoms with van der Waals surface area (Å²) in [5, 5.41) is 3.84. The number of anilines is 1. The van der Waals surface area contributed by atoms with Crippen LogP contribution in [-0.2, 0) is 13.1 Å². The maximum absolute atomic E-state index is 13.3. The van der Waals surface area contributed by atoms with Gasteiger partial charge in [-0.05, 0) is 36.8 Å². The van der Waals surface area contributed by atoms with Crippen molar-refractivity contribution in [3.8, 4) is 0 Å². The molecule has 4 rings (SSSR count). The SMILES string of the molecule is CCn1c(=O)[nH]c2cc3c(NCc4ccc(F)c(F)c4)ncnc3cc21. The third-order valence-electron chi connectivity index (χ3n) is 4.29. The number of fused-ring (bicyclic) bond motifs is 2. The molecule has 132 valence electrons. The zero-order chi connectivity index (χ0) is 18.3. The Balaban J connectivity index is 1.74. The molecular weight excluding hydrogens is 340 g/mol. The molecule has 8 heteroatoms. The van der Waals surface area contributed by atoms with E-state index in [0.29, 0.717) is 29.0 Å². The summed E-state index contributed by atoms with van der Waals surface area (Å²) in [6, 6.07) is 7.38. The molecule has 0 aliphatic carbocycles. The molecule has 0 atom stereocenters. The van der Waals surface area contributed by atoms with Gasteiger partial charge in [0.2, 0.25) is 0 Å². The Morgan fingerprint density at radius 1 is 1.15 bits per heavy atom. The molecule has 0 saturated heterocycles. The minimum absolute atomic E-state index is 0.179. The highest BCUT2D eigenvalue weighted by Gasteiger charge is 2.11. The van der Waals surface area contributed by atoms with E-state index in [1.807, 2.05) is 19.1 Å². The van der Waals surface area contributed by atoms with Crippen LogP contribution in [0.4, 0.5) is 14.6 Å². The third kappa shape index (κ3) is 2.69. The maximum Gasteiger partial charge on any atom is 0.326 e. The van der Waals surface area contributed by atoms with E-state index in [4.69, 9.17) is 0 Å². The van der Waals surface area contributed by atoms with Crippen molar-refractivity contribution < 1.29 is 8.78 Å². The van der Waals surface area contributed by atoms with Crippen LogP contribution in [0.3, 0.4) is 0 Å². The average Bonchev–Trinajstić information content (AvgIpc) is 2.94. The highest BCUT2D eigenvalue weighted by atomic mass is 19.2. The second-order valence-electron chi connectivity index (χ2n) is 5.89. The van der Waals surface area contributed by atoms with E-state index in [9.17, 15) is 13.6 Å². The first-order valence-corrected chi connectivity index (χ1v) is 8.12. The number of aryl methyl sites for hydroxylation is 1. The monoisotopic (exact) mass is 355 g/mol. The molecule has 0 aliphatic heterocycles. The van der Waals surface area contributed by atoms with Gasteiger partial charge in [0, 0.05) is 18.5 Å². The van der Waals surface area contributed by atoms with Gasteiger partial charge in [-0.25, -0.2) is 23.5 Å². The Labute approximate surface area is 146 Å². The van der Waals surface area contributed by atoms with Gasteiger partial charge in [0.1, 0.15) is 12.1 Å². The summed E-state index contributed by atoms with van der Waals surface area (Å²) < 4.78 is 28.0. The summed E-state index contributed by atoms with van der Waals surface area (Å²) >= 11 is 0. The Morgan fingerprint density at radius 3 is 2.77 bits per heavy atom. The van der Waals surface area contributed by atoms with Crippen molar-refractivity contribution in [2.24, 2.45) is 0 Å². The van der Waals surface area contributed by atoms with Crippen LogP contribution < -0.4 is 11.0 Å². The van der Waals surface area contributed by atoms with Gasteiger partial charge in [-0.1, -0.05) is 6.07 Å². The van der Waals surface area contributed by atoms with Crippen LogP contribution in [0.25, 0.3) is 21.9 Å². The highest BCUT2D eigenvalue weighted by Crippen LogP contribution is 2.24. The molecule has 2 aromatic heterocycles. The summed E-state index contributed by atoms with van der Waals surface area (Å²) in [6.45, 7) is 2.72. The molecule has 0 bridgehead atoms. The van der Waals surface area contributed by atoms with Crippen molar-refractivity contribution in [2.45, 2.75) is 20.0 Å². The van der Waals surface area contributed by atoms with Gasteiger partial charge in [-0.15, -0.1) is 0 Å². The van der Waals surface area contributed by atoms with Crippen LogP contribution in [0.2, 0.25) is 0 Å². The van der Waals surface area contributed by atoms with Crippen molar-refractivity contribution in [1.29, 1.82) is 0 Å². The summed E-state index contributed by atoms with van der Waals surface area (Å²) in [5.74, 6) is -1.23. The molecule has 0 amide bonds. The van der Waals surface area contributed by atoms with Crippen molar-refractivity contribution in [3.63, 3.8) is 0 Å². The largest absolute Gasteiger partial charge is 0.365 e. The Kier molecular flexibility index (Phi) is 3.87. The van der Waals surface area contributed by atoms with E-state index in [1.54, 1.807) is 4.57 Å². The van der Waals surface area contributed by atoms with Crippen molar-refractivity contribution in [1.82, 2.24) is 19.5 Å². The summed E-state index contributed by atoms with van der Waals surface area (Å²) in [5.41, 5.74) is 2.55. The topological polar surface area (TPSA) is 75.6 Å². The normalized spacial score (nSPS) is 11.3. The van der Waals surface area contributed by atoms with E-state index in [0.717, 1.165) is 23.0 Å². The molecule has 0 aliphatic rings. The van der Waals surface area contributed by atoms with E-state index < -0.39 is 11.6 Å². The molecule has 0 radical (unpaired) electrons. The molecule has 4 aromatic rings. The number of aromatic nitrogens is 4. The van der Waals surface area contributed by atoms with Gasteiger partial charge >= 0.3 is 5.69 Å². The lowest BCUT2D eigenvalue weighted by atomic mass is 10.2. The quantitative estimate of drug-likeness (QED) is 0.590. The highest BCUT2D eigenvalue weighted by molar-refractivity contribution is 5.98. The summed E-state index contributed by atoms with van der Waals surface area (Å²) in [4.78, 5) is 23.3. The predicted molar refractivity (Wildman–Crippen MR) is 95.0 cm³/mol. The number of imidazole rings is 1. The zero-order valence-electron chi connectivity index (χ0n) is 13.9. The first-order valence-electron chi connectivity index (χ1n) is 8.12. The van der Waals surface area contributed by atoms with E-state index in [2.05, 4.69) is 20.3 Å². The number of aromatic amines is 1. The number of halogens is 2. The maximum atomic E-state index is 13.3. The Morgan fingerprint density at radius 2 is 2.00 bits per heavy atom.